The first-order chi connectivity index (χ1) is 9.10. The van der Waals surface area contributed by atoms with Crippen LogP contribution in [-0.2, 0) is 16.1 Å². The molecule has 1 aromatic rings. The fourth-order valence-electron chi connectivity index (χ4n) is 1.82. The number of hydrogen-bond donors (Lipinski definition) is 2. The lowest BCUT2D eigenvalue weighted by Gasteiger charge is -2.30. The van der Waals surface area contributed by atoms with E-state index < -0.39 is 0 Å². The van der Waals surface area contributed by atoms with Crippen LogP contribution in [0, 0.1) is 11.8 Å². The predicted molar refractivity (Wildman–Crippen MR) is 71.3 cm³/mol. The molecule has 19 heavy (non-hydrogen) atoms. The van der Waals surface area contributed by atoms with Gasteiger partial charge in [0, 0.05) is 11.4 Å². The van der Waals surface area contributed by atoms with Crippen LogP contribution < -0.4 is 5.32 Å². The van der Waals surface area contributed by atoms with Gasteiger partial charge in [0.1, 0.15) is 6.61 Å². The van der Waals surface area contributed by atoms with Gasteiger partial charge in [-0.15, -0.1) is 11.3 Å². The molecule has 2 N–H and O–H groups in total. The molecule has 1 aliphatic heterocycles. The summed E-state index contributed by atoms with van der Waals surface area (Å²) >= 11 is 1.50. The number of nitrogens with one attached hydrogen (secondary N) is 1. The van der Waals surface area contributed by atoms with Crippen molar-refractivity contribution in [3.05, 3.63) is 21.9 Å². The number of piperazine rings is 1. The van der Waals surface area contributed by atoms with Gasteiger partial charge in [-0.25, -0.2) is 0 Å². The van der Waals surface area contributed by atoms with Gasteiger partial charge in [-0.05, 0) is 19.1 Å². The summed E-state index contributed by atoms with van der Waals surface area (Å²) in [4.78, 5) is 26.6. The van der Waals surface area contributed by atoms with Crippen LogP contribution in [0.3, 0.4) is 0 Å². The zero-order chi connectivity index (χ0) is 13.8. The largest absolute Gasteiger partial charge is 0.384 e. The fraction of sp³-hybridized carbons (Fsp3) is 0.385. The quantitative estimate of drug-likeness (QED) is 0.587. The van der Waals surface area contributed by atoms with Crippen LogP contribution in [0.1, 0.15) is 16.7 Å². The minimum Gasteiger partial charge on any atom is -0.384 e. The maximum Gasteiger partial charge on any atom is 0.243 e. The molecule has 1 aliphatic rings. The lowest BCUT2D eigenvalue weighted by molar-refractivity contribution is -0.139. The van der Waals surface area contributed by atoms with Crippen molar-refractivity contribution in [3.8, 4) is 11.8 Å². The number of carbonyl (C=O) groups excluding carboxylic acids is 2. The molecule has 0 spiro atoms. The Balaban J connectivity index is 2.05. The Morgan fingerprint density at radius 1 is 1.53 bits per heavy atom. The van der Waals surface area contributed by atoms with Crippen LogP contribution in [-0.4, -0.2) is 41.0 Å². The number of carbonyl (C=O) groups is 2. The summed E-state index contributed by atoms with van der Waals surface area (Å²) in [6.45, 7) is 2.39. The van der Waals surface area contributed by atoms with Crippen molar-refractivity contribution in [1.82, 2.24) is 10.2 Å². The summed E-state index contributed by atoms with van der Waals surface area (Å²) in [5.41, 5.74) is 0. The number of imide groups is 1. The van der Waals surface area contributed by atoms with E-state index >= 15 is 0 Å². The first kappa shape index (κ1) is 13.7. The molecule has 0 radical (unpaired) electrons. The molecule has 100 valence electrons. The van der Waals surface area contributed by atoms with Gasteiger partial charge in [0.05, 0.1) is 17.5 Å². The number of hydrogen-bond acceptors (Lipinski definition) is 5. The minimum absolute atomic E-state index is 0.162. The van der Waals surface area contributed by atoms with Crippen LogP contribution in [0.2, 0.25) is 0 Å². The van der Waals surface area contributed by atoms with E-state index in [0.29, 0.717) is 6.54 Å². The average molecular weight is 278 g/mol. The standard InChI is InChI=1S/C13H14N2O3S/c1-9-13(18)14-12(17)8-15(9)7-11-5-4-10(19-11)3-2-6-16/h4-5,9,16H,6-8H2,1H3,(H,14,17,18). The number of thiophene rings is 1. The first-order valence-corrected chi connectivity index (χ1v) is 6.68. The Labute approximate surface area is 115 Å². The maximum absolute atomic E-state index is 11.5. The highest BCUT2D eigenvalue weighted by Gasteiger charge is 2.30. The molecular formula is C13H14N2O3S. The van der Waals surface area contributed by atoms with Gasteiger partial charge < -0.3 is 5.11 Å². The van der Waals surface area contributed by atoms with Crippen molar-refractivity contribution >= 4 is 23.2 Å². The molecule has 1 aromatic heterocycles. The Morgan fingerprint density at radius 2 is 2.32 bits per heavy atom. The number of aliphatic hydroxyl groups excluding tert-OH is 1. The van der Waals surface area contributed by atoms with Crippen molar-refractivity contribution in [3.63, 3.8) is 0 Å². The lowest BCUT2D eigenvalue weighted by Crippen LogP contribution is -2.56. The maximum atomic E-state index is 11.5. The molecule has 0 bridgehead atoms. The SMILES string of the molecule is CC1C(=O)NC(=O)CN1Cc1ccc(C#CCO)s1. The van der Waals surface area contributed by atoms with Crippen molar-refractivity contribution in [2.24, 2.45) is 0 Å². The molecule has 2 rings (SSSR count). The second kappa shape index (κ2) is 5.97. The third kappa shape index (κ3) is 3.41. The number of amides is 2. The topological polar surface area (TPSA) is 69.6 Å². The number of rotatable bonds is 2. The molecule has 2 heterocycles. The normalized spacial score (nSPS) is 19.8. The second-order valence-corrected chi connectivity index (χ2v) is 5.39. The van der Waals surface area contributed by atoms with Gasteiger partial charge in [-0.1, -0.05) is 11.8 Å². The molecule has 6 heteroatoms. The summed E-state index contributed by atoms with van der Waals surface area (Å²) in [5.74, 6) is 4.90. The van der Waals surface area contributed by atoms with E-state index in [1.165, 1.54) is 11.3 Å². The molecule has 0 aromatic carbocycles. The molecule has 1 atom stereocenters. The van der Waals surface area contributed by atoms with Gasteiger partial charge in [-0.2, -0.15) is 0 Å². The van der Waals surface area contributed by atoms with E-state index in [1.54, 1.807) is 6.92 Å². The van der Waals surface area contributed by atoms with E-state index in [-0.39, 0.29) is 31.0 Å². The van der Waals surface area contributed by atoms with Gasteiger partial charge in [0.2, 0.25) is 11.8 Å². The molecule has 5 nitrogen and oxygen atoms in total. The summed E-state index contributed by atoms with van der Waals surface area (Å²) in [5, 5.41) is 10.9. The van der Waals surface area contributed by atoms with Gasteiger partial charge in [0.25, 0.3) is 0 Å². The van der Waals surface area contributed by atoms with Crippen LogP contribution >= 0.6 is 11.3 Å². The Hall–Kier alpha value is -1.68. The van der Waals surface area contributed by atoms with Crippen LogP contribution in [0.15, 0.2) is 12.1 Å². The summed E-state index contributed by atoms with van der Waals surface area (Å²) < 4.78 is 0. The van der Waals surface area contributed by atoms with Crippen molar-refractivity contribution < 1.29 is 14.7 Å². The number of nitrogens with zero attached hydrogens (tertiary/aromatic N) is 1. The smallest absolute Gasteiger partial charge is 0.243 e. The molecule has 1 unspecified atom stereocenters. The van der Waals surface area contributed by atoms with E-state index in [2.05, 4.69) is 17.2 Å². The van der Waals surface area contributed by atoms with Gasteiger partial charge in [-0.3, -0.25) is 19.8 Å². The Bertz CT molecular complexity index is 556. The van der Waals surface area contributed by atoms with Crippen molar-refractivity contribution in [1.29, 1.82) is 0 Å². The van der Waals surface area contributed by atoms with Crippen LogP contribution in [0.5, 0.6) is 0 Å². The molecular weight excluding hydrogens is 264 g/mol. The molecule has 0 saturated carbocycles. The van der Waals surface area contributed by atoms with E-state index in [4.69, 9.17) is 5.11 Å². The number of aliphatic hydroxyl groups is 1. The highest BCUT2D eigenvalue weighted by Crippen LogP contribution is 2.19. The zero-order valence-corrected chi connectivity index (χ0v) is 11.3. The van der Waals surface area contributed by atoms with E-state index in [1.807, 2.05) is 17.0 Å². The third-order valence-corrected chi connectivity index (χ3v) is 3.83. The van der Waals surface area contributed by atoms with Crippen molar-refractivity contribution in [2.45, 2.75) is 19.5 Å². The monoisotopic (exact) mass is 278 g/mol. The summed E-state index contributed by atoms with van der Waals surface area (Å²) in [6.07, 6.45) is 0. The Morgan fingerprint density at radius 3 is 3.05 bits per heavy atom. The molecule has 2 amide bonds. The van der Waals surface area contributed by atoms with Crippen LogP contribution in [0.4, 0.5) is 0 Å². The Kier molecular flexibility index (Phi) is 4.32. The van der Waals surface area contributed by atoms with Gasteiger partial charge >= 0.3 is 0 Å². The lowest BCUT2D eigenvalue weighted by atomic mass is 10.2. The molecule has 1 saturated heterocycles. The van der Waals surface area contributed by atoms with Crippen molar-refractivity contribution in [2.75, 3.05) is 13.2 Å². The average Bonchev–Trinajstić information content (AvgIpc) is 2.80. The second-order valence-electron chi connectivity index (χ2n) is 4.22. The highest BCUT2D eigenvalue weighted by atomic mass is 32.1. The molecule has 1 fully saturated rings. The highest BCUT2D eigenvalue weighted by molar-refractivity contribution is 7.12. The predicted octanol–water partition coefficient (Wildman–Crippen LogP) is -0.0612. The van der Waals surface area contributed by atoms with E-state index in [0.717, 1.165) is 9.75 Å². The summed E-state index contributed by atoms with van der Waals surface area (Å²) in [7, 11) is 0. The van der Waals surface area contributed by atoms with Gasteiger partial charge in [0.15, 0.2) is 0 Å². The first-order valence-electron chi connectivity index (χ1n) is 5.86. The fourth-order valence-corrected chi connectivity index (χ4v) is 2.73. The zero-order valence-electron chi connectivity index (χ0n) is 10.5. The molecule has 0 aliphatic carbocycles. The van der Waals surface area contributed by atoms with Crippen LogP contribution in [0.25, 0.3) is 0 Å². The van der Waals surface area contributed by atoms with E-state index in [9.17, 15) is 9.59 Å². The third-order valence-electron chi connectivity index (χ3n) is 2.85. The minimum atomic E-state index is -0.313. The summed E-state index contributed by atoms with van der Waals surface area (Å²) in [6, 6.07) is 3.49.